The standard InChI is InChI=1S/C14H20BrNO4/c1-4-16(6-7-17)14(18)10-8-11(15)13(20-5-2)12(9-10)19-3/h8-9,17H,4-7H2,1-3H3. The lowest BCUT2D eigenvalue weighted by Crippen LogP contribution is -2.33. The maximum Gasteiger partial charge on any atom is 0.254 e. The van der Waals surface area contributed by atoms with E-state index in [1.54, 1.807) is 17.0 Å². The number of benzene rings is 1. The van der Waals surface area contributed by atoms with Crippen LogP contribution in [0.25, 0.3) is 0 Å². The summed E-state index contributed by atoms with van der Waals surface area (Å²) in [6.45, 7) is 5.04. The van der Waals surface area contributed by atoms with E-state index in [0.29, 0.717) is 41.2 Å². The van der Waals surface area contributed by atoms with Crippen molar-refractivity contribution in [3.63, 3.8) is 0 Å². The maximum absolute atomic E-state index is 12.4. The minimum absolute atomic E-state index is 0.0606. The molecule has 0 aliphatic rings. The summed E-state index contributed by atoms with van der Waals surface area (Å²) in [6.07, 6.45) is 0. The average molecular weight is 346 g/mol. The van der Waals surface area contributed by atoms with E-state index in [2.05, 4.69) is 15.9 Å². The molecule has 0 spiro atoms. The Morgan fingerprint density at radius 2 is 2.10 bits per heavy atom. The lowest BCUT2D eigenvalue weighted by Gasteiger charge is -2.21. The number of hydrogen-bond acceptors (Lipinski definition) is 4. The van der Waals surface area contributed by atoms with Crippen LogP contribution in [0.5, 0.6) is 11.5 Å². The van der Waals surface area contributed by atoms with Crippen LogP contribution >= 0.6 is 15.9 Å². The smallest absolute Gasteiger partial charge is 0.254 e. The van der Waals surface area contributed by atoms with Gasteiger partial charge in [0.05, 0.1) is 24.8 Å². The summed E-state index contributed by atoms with van der Waals surface area (Å²) in [4.78, 5) is 13.9. The summed E-state index contributed by atoms with van der Waals surface area (Å²) < 4.78 is 11.4. The van der Waals surface area contributed by atoms with E-state index in [1.807, 2.05) is 13.8 Å². The van der Waals surface area contributed by atoms with Gasteiger partial charge in [0.25, 0.3) is 5.91 Å². The number of halogens is 1. The van der Waals surface area contributed by atoms with Gasteiger partial charge in [-0.15, -0.1) is 0 Å². The lowest BCUT2D eigenvalue weighted by molar-refractivity contribution is 0.0731. The molecule has 0 heterocycles. The number of aliphatic hydroxyl groups excluding tert-OH is 1. The molecule has 1 aromatic rings. The SMILES string of the molecule is CCOc1c(Br)cc(C(=O)N(CC)CCO)cc1OC. The van der Waals surface area contributed by atoms with Crippen LogP contribution in [0.15, 0.2) is 16.6 Å². The topological polar surface area (TPSA) is 59.0 Å². The molecule has 0 aromatic heterocycles. The van der Waals surface area contributed by atoms with Crippen molar-refractivity contribution in [2.75, 3.05) is 33.4 Å². The summed E-state index contributed by atoms with van der Waals surface area (Å²) in [7, 11) is 1.53. The summed E-state index contributed by atoms with van der Waals surface area (Å²) in [5, 5.41) is 8.99. The van der Waals surface area contributed by atoms with Crippen molar-refractivity contribution in [1.29, 1.82) is 0 Å². The van der Waals surface area contributed by atoms with E-state index in [1.165, 1.54) is 7.11 Å². The molecule has 1 rings (SSSR count). The van der Waals surface area contributed by atoms with Crippen LogP contribution in [0.2, 0.25) is 0 Å². The molecule has 0 unspecified atom stereocenters. The number of ether oxygens (including phenoxy) is 2. The minimum Gasteiger partial charge on any atom is -0.493 e. The fraction of sp³-hybridized carbons (Fsp3) is 0.500. The Bertz CT molecular complexity index is 465. The first-order valence-electron chi connectivity index (χ1n) is 6.49. The predicted molar refractivity (Wildman–Crippen MR) is 80.5 cm³/mol. The number of rotatable bonds is 7. The van der Waals surface area contributed by atoms with Gasteiger partial charge in [0, 0.05) is 18.7 Å². The molecular weight excluding hydrogens is 326 g/mol. The second-order valence-electron chi connectivity index (χ2n) is 4.03. The molecule has 0 radical (unpaired) electrons. The number of carbonyl (C=O) groups excluding carboxylic acids is 1. The number of hydrogen-bond donors (Lipinski definition) is 1. The molecule has 1 N–H and O–H groups in total. The Hall–Kier alpha value is -1.27. The molecule has 20 heavy (non-hydrogen) atoms. The highest BCUT2D eigenvalue weighted by Gasteiger charge is 2.18. The number of nitrogens with zero attached hydrogens (tertiary/aromatic N) is 1. The van der Waals surface area contributed by atoms with E-state index in [-0.39, 0.29) is 12.5 Å². The van der Waals surface area contributed by atoms with Gasteiger partial charge >= 0.3 is 0 Å². The van der Waals surface area contributed by atoms with Crippen molar-refractivity contribution >= 4 is 21.8 Å². The molecule has 112 valence electrons. The first-order valence-corrected chi connectivity index (χ1v) is 7.28. The molecule has 0 fully saturated rings. The van der Waals surface area contributed by atoms with Gasteiger partial charge in [-0.25, -0.2) is 0 Å². The van der Waals surface area contributed by atoms with Crippen LogP contribution in [0.1, 0.15) is 24.2 Å². The van der Waals surface area contributed by atoms with Crippen molar-refractivity contribution in [2.45, 2.75) is 13.8 Å². The molecule has 0 saturated heterocycles. The Balaban J connectivity index is 3.13. The van der Waals surface area contributed by atoms with Gasteiger partial charge in [-0.2, -0.15) is 0 Å². The lowest BCUT2D eigenvalue weighted by atomic mass is 10.1. The molecule has 5 nitrogen and oxygen atoms in total. The molecule has 0 atom stereocenters. The molecule has 0 aliphatic carbocycles. The Morgan fingerprint density at radius 3 is 2.60 bits per heavy atom. The van der Waals surface area contributed by atoms with Gasteiger partial charge in [0.2, 0.25) is 0 Å². The van der Waals surface area contributed by atoms with Gasteiger partial charge in [-0.1, -0.05) is 0 Å². The maximum atomic E-state index is 12.4. The number of likely N-dealkylation sites (N-methyl/N-ethyl adjacent to an activating group) is 1. The molecule has 0 aliphatic heterocycles. The third kappa shape index (κ3) is 3.86. The second-order valence-corrected chi connectivity index (χ2v) is 4.89. The van der Waals surface area contributed by atoms with Crippen molar-refractivity contribution in [1.82, 2.24) is 4.90 Å². The van der Waals surface area contributed by atoms with Crippen molar-refractivity contribution in [3.8, 4) is 11.5 Å². The van der Waals surface area contributed by atoms with Crippen LogP contribution < -0.4 is 9.47 Å². The van der Waals surface area contributed by atoms with Crippen LogP contribution in [-0.2, 0) is 0 Å². The van der Waals surface area contributed by atoms with E-state index in [9.17, 15) is 4.79 Å². The van der Waals surface area contributed by atoms with Crippen LogP contribution in [0, 0.1) is 0 Å². The molecular formula is C14H20BrNO4. The van der Waals surface area contributed by atoms with Gasteiger partial charge in [-0.3, -0.25) is 4.79 Å². The monoisotopic (exact) mass is 345 g/mol. The quantitative estimate of drug-likeness (QED) is 0.823. The molecule has 0 saturated carbocycles. The molecule has 1 amide bonds. The van der Waals surface area contributed by atoms with Gasteiger partial charge < -0.3 is 19.5 Å². The number of carbonyl (C=O) groups is 1. The highest BCUT2D eigenvalue weighted by Crippen LogP contribution is 2.36. The molecule has 6 heteroatoms. The van der Waals surface area contributed by atoms with Crippen molar-refractivity contribution in [2.24, 2.45) is 0 Å². The van der Waals surface area contributed by atoms with Gasteiger partial charge in [0.15, 0.2) is 11.5 Å². The van der Waals surface area contributed by atoms with Crippen LogP contribution in [-0.4, -0.2) is 49.3 Å². The first kappa shape index (κ1) is 16.8. The normalized spacial score (nSPS) is 10.2. The van der Waals surface area contributed by atoms with Crippen LogP contribution in [0.4, 0.5) is 0 Å². The Kier molecular flexibility index (Phi) is 6.81. The number of amides is 1. The summed E-state index contributed by atoms with van der Waals surface area (Å²) >= 11 is 3.39. The molecule has 0 bridgehead atoms. The van der Waals surface area contributed by atoms with Gasteiger partial charge in [0.1, 0.15) is 0 Å². The van der Waals surface area contributed by atoms with E-state index in [0.717, 1.165) is 0 Å². The summed E-state index contributed by atoms with van der Waals surface area (Å²) in [5.41, 5.74) is 0.493. The van der Waals surface area contributed by atoms with E-state index >= 15 is 0 Å². The van der Waals surface area contributed by atoms with Crippen molar-refractivity contribution < 1.29 is 19.4 Å². The third-order valence-corrected chi connectivity index (χ3v) is 3.39. The predicted octanol–water partition coefficient (Wildman–Crippen LogP) is 2.31. The Labute approximate surface area is 127 Å². The minimum atomic E-state index is -0.149. The van der Waals surface area contributed by atoms with Crippen LogP contribution in [0.3, 0.4) is 0 Å². The zero-order chi connectivity index (χ0) is 15.1. The summed E-state index contributed by atoms with van der Waals surface area (Å²) in [6, 6.07) is 3.36. The zero-order valence-electron chi connectivity index (χ0n) is 12.0. The second kappa shape index (κ2) is 8.11. The fourth-order valence-electron chi connectivity index (χ4n) is 1.83. The van der Waals surface area contributed by atoms with Gasteiger partial charge in [-0.05, 0) is 41.9 Å². The highest BCUT2D eigenvalue weighted by molar-refractivity contribution is 9.10. The summed E-state index contributed by atoms with van der Waals surface area (Å²) in [5.74, 6) is 0.935. The number of aliphatic hydroxyl groups is 1. The third-order valence-electron chi connectivity index (χ3n) is 2.80. The van der Waals surface area contributed by atoms with Crippen molar-refractivity contribution in [3.05, 3.63) is 22.2 Å². The van der Waals surface area contributed by atoms with E-state index < -0.39 is 0 Å². The Morgan fingerprint density at radius 1 is 1.40 bits per heavy atom. The number of methoxy groups -OCH3 is 1. The largest absolute Gasteiger partial charge is 0.493 e. The fourth-order valence-corrected chi connectivity index (χ4v) is 2.39. The highest BCUT2D eigenvalue weighted by atomic mass is 79.9. The van der Waals surface area contributed by atoms with E-state index in [4.69, 9.17) is 14.6 Å². The average Bonchev–Trinajstić information content (AvgIpc) is 2.45. The zero-order valence-corrected chi connectivity index (χ0v) is 13.6. The molecule has 1 aromatic carbocycles. The first-order chi connectivity index (χ1) is 9.58.